The van der Waals surface area contributed by atoms with Gasteiger partial charge in [0.2, 0.25) is 5.91 Å². The average Bonchev–Trinajstić information content (AvgIpc) is 2.80. The number of piperidine rings is 1. The summed E-state index contributed by atoms with van der Waals surface area (Å²) in [5.74, 6) is 0.226. The highest BCUT2D eigenvalue weighted by Crippen LogP contribution is 2.28. The number of amides is 2. The fraction of sp³-hybridized carbons (Fsp3) is 0.440. The lowest BCUT2D eigenvalue weighted by molar-refractivity contribution is -0.138. The van der Waals surface area contributed by atoms with Crippen molar-refractivity contribution in [1.29, 1.82) is 0 Å². The molecule has 30 heavy (non-hydrogen) atoms. The summed E-state index contributed by atoms with van der Waals surface area (Å²) < 4.78 is 0. The number of aliphatic hydroxyl groups excluding tert-OH is 1. The largest absolute Gasteiger partial charge is 0.393 e. The maximum Gasteiger partial charge on any atom is 0.251 e. The maximum atomic E-state index is 12.8. The molecule has 0 spiro atoms. The fourth-order valence-corrected chi connectivity index (χ4v) is 4.57. The SMILES string of the molecule is O=C(NC1CCC(C(=O)N2CCC(O)CC2)CC1)c1cccc(-c2ccccc2)c1. The lowest BCUT2D eigenvalue weighted by atomic mass is 9.84. The molecular formula is C25H30N2O3. The van der Waals surface area contributed by atoms with E-state index >= 15 is 0 Å². The van der Waals surface area contributed by atoms with Crippen molar-refractivity contribution in [1.82, 2.24) is 10.2 Å². The number of carbonyl (C=O) groups is 2. The number of aliphatic hydroxyl groups is 1. The van der Waals surface area contributed by atoms with Gasteiger partial charge < -0.3 is 15.3 Å². The molecule has 2 fully saturated rings. The summed E-state index contributed by atoms with van der Waals surface area (Å²) >= 11 is 0. The third kappa shape index (κ3) is 4.90. The molecule has 1 heterocycles. The van der Waals surface area contributed by atoms with Gasteiger partial charge in [0.25, 0.3) is 5.91 Å². The van der Waals surface area contributed by atoms with Crippen molar-refractivity contribution in [3.63, 3.8) is 0 Å². The van der Waals surface area contributed by atoms with E-state index in [0.29, 0.717) is 31.5 Å². The lowest BCUT2D eigenvalue weighted by Crippen LogP contribution is -2.45. The predicted octanol–water partition coefficient (Wildman–Crippen LogP) is 3.63. The average molecular weight is 407 g/mol. The molecule has 0 bridgehead atoms. The van der Waals surface area contributed by atoms with Crippen molar-refractivity contribution in [2.75, 3.05) is 13.1 Å². The number of carbonyl (C=O) groups excluding carboxylic acids is 2. The Morgan fingerprint density at radius 1 is 0.833 bits per heavy atom. The van der Waals surface area contributed by atoms with Crippen molar-refractivity contribution in [2.24, 2.45) is 5.92 Å². The van der Waals surface area contributed by atoms with Gasteiger partial charge in [-0.15, -0.1) is 0 Å². The Labute approximate surface area is 178 Å². The Morgan fingerprint density at radius 3 is 2.20 bits per heavy atom. The number of hydrogen-bond acceptors (Lipinski definition) is 3. The minimum absolute atomic E-state index is 0.0485. The molecule has 0 atom stereocenters. The molecule has 1 saturated carbocycles. The molecule has 158 valence electrons. The van der Waals surface area contributed by atoms with E-state index in [9.17, 15) is 14.7 Å². The van der Waals surface area contributed by atoms with Crippen molar-refractivity contribution < 1.29 is 14.7 Å². The standard InChI is InChI=1S/C25H30N2O3/c28-23-13-15-27(16-14-23)25(30)19-9-11-22(12-10-19)26-24(29)21-8-4-7-20(17-21)18-5-2-1-3-6-18/h1-8,17,19,22-23,28H,9-16H2,(H,26,29). The lowest BCUT2D eigenvalue weighted by Gasteiger charge is -2.35. The van der Waals surface area contributed by atoms with Gasteiger partial charge in [0.1, 0.15) is 0 Å². The molecule has 5 nitrogen and oxygen atoms in total. The van der Waals surface area contributed by atoms with Crippen molar-refractivity contribution >= 4 is 11.8 Å². The summed E-state index contributed by atoms with van der Waals surface area (Å²) in [4.78, 5) is 27.4. The second-order valence-electron chi connectivity index (χ2n) is 8.53. The van der Waals surface area contributed by atoms with Crippen LogP contribution in [0.5, 0.6) is 0 Å². The van der Waals surface area contributed by atoms with Gasteiger partial charge in [0.15, 0.2) is 0 Å². The predicted molar refractivity (Wildman–Crippen MR) is 117 cm³/mol. The van der Waals surface area contributed by atoms with Crippen LogP contribution in [-0.4, -0.2) is 47.1 Å². The second-order valence-corrected chi connectivity index (χ2v) is 8.53. The highest BCUT2D eigenvalue weighted by Gasteiger charge is 2.31. The van der Waals surface area contributed by atoms with E-state index in [1.165, 1.54) is 0 Å². The first-order chi connectivity index (χ1) is 14.6. The third-order valence-electron chi connectivity index (χ3n) is 6.42. The summed E-state index contributed by atoms with van der Waals surface area (Å²) in [7, 11) is 0. The Morgan fingerprint density at radius 2 is 1.50 bits per heavy atom. The second kappa shape index (κ2) is 9.43. The molecule has 1 saturated heterocycles. The zero-order valence-corrected chi connectivity index (χ0v) is 17.3. The summed E-state index contributed by atoms with van der Waals surface area (Å²) in [6, 6.07) is 17.9. The molecule has 0 aromatic heterocycles. The summed E-state index contributed by atoms with van der Waals surface area (Å²) in [6.07, 6.45) is 4.38. The molecule has 1 aliphatic carbocycles. The normalized spacial score (nSPS) is 22.5. The molecule has 2 aliphatic rings. The first kappa shape index (κ1) is 20.6. The maximum absolute atomic E-state index is 12.8. The van der Waals surface area contributed by atoms with Gasteiger partial charge in [0.05, 0.1) is 6.10 Å². The third-order valence-corrected chi connectivity index (χ3v) is 6.42. The fourth-order valence-electron chi connectivity index (χ4n) is 4.57. The van der Waals surface area contributed by atoms with Crippen molar-refractivity contribution in [3.05, 3.63) is 60.2 Å². The number of benzene rings is 2. The molecule has 2 amide bonds. The molecule has 2 N–H and O–H groups in total. The molecule has 2 aromatic rings. The molecule has 0 radical (unpaired) electrons. The van der Waals surface area contributed by atoms with Crippen LogP contribution in [-0.2, 0) is 4.79 Å². The van der Waals surface area contributed by atoms with Crippen LogP contribution in [0.15, 0.2) is 54.6 Å². The highest BCUT2D eigenvalue weighted by molar-refractivity contribution is 5.95. The van der Waals surface area contributed by atoms with Gasteiger partial charge in [-0.1, -0.05) is 42.5 Å². The zero-order chi connectivity index (χ0) is 20.9. The van der Waals surface area contributed by atoms with Gasteiger partial charge in [-0.25, -0.2) is 0 Å². The molecule has 4 rings (SSSR count). The van der Waals surface area contributed by atoms with Gasteiger partial charge >= 0.3 is 0 Å². The molecule has 0 unspecified atom stereocenters. The first-order valence-electron chi connectivity index (χ1n) is 11.0. The van der Waals surface area contributed by atoms with Gasteiger partial charge in [0, 0.05) is 30.6 Å². The zero-order valence-electron chi connectivity index (χ0n) is 17.3. The molecular weight excluding hydrogens is 376 g/mol. The Kier molecular flexibility index (Phi) is 6.48. The van der Waals surface area contributed by atoms with Crippen LogP contribution < -0.4 is 5.32 Å². The van der Waals surface area contributed by atoms with E-state index in [1.54, 1.807) is 0 Å². The quantitative estimate of drug-likeness (QED) is 0.815. The smallest absolute Gasteiger partial charge is 0.251 e. The van der Waals surface area contributed by atoms with Crippen molar-refractivity contribution in [2.45, 2.75) is 50.7 Å². The van der Waals surface area contributed by atoms with E-state index in [1.807, 2.05) is 59.5 Å². The highest BCUT2D eigenvalue weighted by atomic mass is 16.3. The first-order valence-corrected chi connectivity index (χ1v) is 11.0. The van der Waals surface area contributed by atoms with Gasteiger partial charge in [-0.3, -0.25) is 9.59 Å². The van der Waals surface area contributed by atoms with Crippen LogP contribution in [0.4, 0.5) is 0 Å². The Hall–Kier alpha value is -2.66. The van der Waals surface area contributed by atoms with Crippen LogP contribution in [0.2, 0.25) is 0 Å². The number of nitrogens with one attached hydrogen (secondary N) is 1. The molecule has 5 heteroatoms. The van der Waals surface area contributed by atoms with E-state index in [0.717, 1.165) is 36.8 Å². The van der Waals surface area contributed by atoms with Gasteiger partial charge in [-0.2, -0.15) is 0 Å². The number of rotatable bonds is 4. The van der Waals surface area contributed by atoms with Crippen LogP contribution in [0.1, 0.15) is 48.9 Å². The summed E-state index contributed by atoms with van der Waals surface area (Å²) in [6.45, 7) is 1.32. The van der Waals surface area contributed by atoms with E-state index in [4.69, 9.17) is 0 Å². The Balaban J connectivity index is 1.30. The van der Waals surface area contributed by atoms with E-state index in [2.05, 4.69) is 5.32 Å². The molecule has 2 aromatic carbocycles. The number of likely N-dealkylation sites (tertiary alicyclic amines) is 1. The van der Waals surface area contributed by atoms with Crippen LogP contribution in [0.25, 0.3) is 11.1 Å². The van der Waals surface area contributed by atoms with Crippen LogP contribution in [0.3, 0.4) is 0 Å². The van der Waals surface area contributed by atoms with Crippen LogP contribution >= 0.6 is 0 Å². The van der Waals surface area contributed by atoms with Gasteiger partial charge in [-0.05, 0) is 61.8 Å². The minimum atomic E-state index is -0.264. The Bertz CT molecular complexity index is 867. The molecule has 1 aliphatic heterocycles. The van der Waals surface area contributed by atoms with E-state index in [-0.39, 0.29) is 29.9 Å². The monoisotopic (exact) mass is 406 g/mol. The topological polar surface area (TPSA) is 69.6 Å². The number of nitrogens with zero attached hydrogens (tertiary/aromatic N) is 1. The number of hydrogen-bond donors (Lipinski definition) is 2. The summed E-state index contributed by atoms with van der Waals surface area (Å²) in [5, 5.41) is 12.8. The van der Waals surface area contributed by atoms with Crippen LogP contribution in [0, 0.1) is 5.92 Å². The minimum Gasteiger partial charge on any atom is -0.393 e. The summed E-state index contributed by atoms with van der Waals surface area (Å²) in [5.41, 5.74) is 2.79. The van der Waals surface area contributed by atoms with Crippen molar-refractivity contribution in [3.8, 4) is 11.1 Å². The van der Waals surface area contributed by atoms with E-state index < -0.39 is 0 Å².